The molecule has 0 aliphatic carbocycles. The molecule has 29 heavy (non-hydrogen) atoms. The van der Waals surface area contributed by atoms with Gasteiger partial charge in [-0.3, -0.25) is 0 Å². The standard InChI is InChI=1S/C26H33N3/c1-8-10-20(11-9-2)26-17(5)24(29-19(26)7)15-23-18(6)28-25-14-21(27-16(3)4)12-13-22(23)25/h10,12-15,27-29H,3,6,8-9,11H2,1-2,4-5,7H3/b20-10+,23-15+. The summed E-state index contributed by atoms with van der Waals surface area (Å²) in [5.41, 5.74) is 9.55. The normalized spacial score (nSPS) is 12.7. The third kappa shape index (κ3) is 4.24. The van der Waals surface area contributed by atoms with E-state index in [0.717, 1.165) is 52.4 Å². The number of hydrogen-bond acceptors (Lipinski definition) is 1. The van der Waals surface area contributed by atoms with Crippen LogP contribution in [-0.2, 0) is 0 Å². The van der Waals surface area contributed by atoms with Crippen LogP contribution in [-0.4, -0.2) is 9.97 Å². The van der Waals surface area contributed by atoms with Gasteiger partial charge in [0.15, 0.2) is 0 Å². The van der Waals surface area contributed by atoms with Crippen molar-refractivity contribution in [2.75, 3.05) is 5.32 Å². The first kappa shape index (κ1) is 20.8. The van der Waals surface area contributed by atoms with E-state index in [1.54, 1.807) is 0 Å². The van der Waals surface area contributed by atoms with Crippen LogP contribution in [0.2, 0.25) is 0 Å². The van der Waals surface area contributed by atoms with Crippen LogP contribution < -0.4 is 15.9 Å². The van der Waals surface area contributed by atoms with E-state index >= 15 is 0 Å². The van der Waals surface area contributed by atoms with Gasteiger partial charge in [0.25, 0.3) is 0 Å². The van der Waals surface area contributed by atoms with Gasteiger partial charge in [-0.2, -0.15) is 0 Å². The van der Waals surface area contributed by atoms with Crippen LogP contribution in [0.5, 0.6) is 0 Å². The second kappa shape index (κ2) is 8.60. The number of allylic oxidation sites excluding steroid dienone is 3. The molecule has 3 N–H and O–H groups in total. The van der Waals surface area contributed by atoms with Crippen molar-refractivity contribution in [3.8, 4) is 0 Å². The lowest BCUT2D eigenvalue weighted by atomic mass is 9.96. The van der Waals surface area contributed by atoms with E-state index in [0.29, 0.717) is 0 Å². The highest BCUT2D eigenvalue weighted by molar-refractivity contribution is 5.86. The van der Waals surface area contributed by atoms with E-state index < -0.39 is 0 Å². The molecular weight excluding hydrogens is 354 g/mol. The smallest absolute Gasteiger partial charge is 0.0485 e. The number of aromatic amines is 2. The Balaban J connectivity index is 2.14. The van der Waals surface area contributed by atoms with Crippen LogP contribution in [0.3, 0.4) is 0 Å². The molecule has 3 rings (SSSR count). The molecule has 0 unspecified atom stereocenters. The van der Waals surface area contributed by atoms with E-state index in [-0.39, 0.29) is 0 Å². The van der Waals surface area contributed by atoms with Gasteiger partial charge in [0.1, 0.15) is 0 Å². The van der Waals surface area contributed by atoms with Gasteiger partial charge in [-0.15, -0.1) is 0 Å². The quantitative estimate of drug-likeness (QED) is 0.465. The van der Waals surface area contributed by atoms with Gasteiger partial charge in [0.05, 0.1) is 0 Å². The third-order valence-corrected chi connectivity index (χ3v) is 5.33. The number of aromatic nitrogens is 2. The number of H-pyrrole nitrogens is 2. The van der Waals surface area contributed by atoms with E-state index in [1.807, 2.05) is 6.92 Å². The van der Waals surface area contributed by atoms with Crippen molar-refractivity contribution in [1.82, 2.24) is 9.97 Å². The summed E-state index contributed by atoms with van der Waals surface area (Å²) < 4.78 is 0. The van der Waals surface area contributed by atoms with Crippen LogP contribution in [0.1, 0.15) is 62.5 Å². The fraction of sp³-hybridized carbons (Fsp3) is 0.308. The first-order valence-electron chi connectivity index (χ1n) is 10.5. The highest BCUT2D eigenvalue weighted by Crippen LogP contribution is 2.29. The molecule has 0 saturated carbocycles. The third-order valence-electron chi connectivity index (χ3n) is 5.33. The number of anilines is 1. The first-order valence-corrected chi connectivity index (χ1v) is 10.5. The molecule has 0 spiro atoms. The Kier molecular flexibility index (Phi) is 6.17. The Hall–Kier alpha value is -2.94. The maximum atomic E-state index is 4.25. The maximum Gasteiger partial charge on any atom is 0.0485 e. The minimum Gasteiger partial charge on any atom is -0.360 e. The zero-order valence-electron chi connectivity index (χ0n) is 18.4. The first-order chi connectivity index (χ1) is 13.8. The van der Waals surface area contributed by atoms with Crippen LogP contribution in [0.4, 0.5) is 5.69 Å². The Morgan fingerprint density at radius 3 is 2.59 bits per heavy atom. The lowest BCUT2D eigenvalue weighted by molar-refractivity contribution is 0.964. The minimum atomic E-state index is 0.922. The van der Waals surface area contributed by atoms with Gasteiger partial charge in [-0.1, -0.05) is 45.6 Å². The summed E-state index contributed by atoms with van der Waals surface area (Å²) in [5.74, 6) is 0. The van der Waals surface area contributed by atoms with Gasteiger partial charge in [0.2, 0.25) is 0 Å². The Morgan fingerprint density at radius 1 is 1.17 bits per heavy atom. The van der Waals surface area contributed by atoms with Gasteiger partial charge in [0, 0.05) is 49.8 Å². The van der Waals surface area contributed by atoms with Gasteiger partial charge >= 0.3 is 0 Å². The molecule has 0 aliphatic heterocycles. The number of rotatable bonds is 7. The van der Waals surface area contributed by atoms with Gasteiger partial charge in [-0.25, -0.2) is 0 Å². The number of aryl methyl sites for hydroxylation is 1. The SMILES string of the molecule is C=C(C)Nc1ccc2/c(=C/c3[nH]c(C)c(/C(=C/CC)CCC)c3C)c(=C)[nH]c2c1. The van der Waals surface area contributed by atoms with Gasteiger partial charge < -0.3 is 15.3 Å². The molecule has 3 nitrogen and oxygen atoms in total. The van der Waals surface area contributed by atoms with Crippen molar-refractivity contribution in [2.24, 2.45) is 0 Å². The van der Waals surface area contributed by atoms with Gasteiger partial charge in [-0.05, 0) is 63.0 Å². The number of benzene rings is 1. The fourth-order valence-electron chi connectivity index (χ4n) is 4.15. The Morgan fingerprint density at radius 2 is 1.93 bits per heavy atom. The highest BCUT2D eigenvalue weighted by Gasteiger charge is 2.14. The molecule has 0 radical (unpaired) electrons. The van der Waals surface area contributed by atoms with Crippen molar-refractivity contribution in [1.29, 1.82) is 0 Å². The molecule has 2 heterocycles. The van der Waals surface area contributed by atoms with Crippen molar-refractivity contribution >= 4 is 34.8 Å². The molecular formula is C26H33N3. The summed E-state index contributed by atoms with van der Waals surface area (Å²) in [6.45, 7) is 19.0. The molecule has 152 valence electrons. The number of fused-ring (bicyclic) bond motifs is 1. The van der Waals surface area contributed by atoms with Crippen LogP contribution in [0.25, 0.3) is 29.1 Å². The monoisotopic (exact) mass is 387 g/mol. The van der Waals surface area contributed by atoms with Crippen LogP contribution >= 0.6 is 0 Å². The van der Waals surface area contributed by atoms with Crippen LogP contribution in [0.15, 0.2) is 36.6 Å². The molecule has 0 aliphatic rings. The molecule has 0 bridgehead atoms. The second-order valence-electron chi connectivity index (χ2n) is 7.88. The number of nitrogens with one attached hydrogen (secondary N) is 3. The lowest BCUT2D eigenvalue weighted by Gasteiger charge is -2.08. The lowest BCUT2D eigenvalue weighted by Crippen LogP contribution is -2.20. The highest BCUT2D eigenvalue weighted by atomic mass is 14.9. The molecule has 0 fully saturated rings. The van der Waals surface area contributed by atoms with E-state index in [4.69, 9.17) is 0 Å². The molecule has 3 heteroatoms. The van der Waals surface area contributed by atoms with Crippen molar-refractivity contribution < 1.29 is 0 Å². The summed E-state index contributed by atoms with van der Waals surface area (Å²) in [4.78, 5) is 7.04. The van der Waals surface area contributed by atoms with E-state index in [2.05, 4.69) is 86.5 Å². The minimum absolute atomic E-state index is 0.922. The maximum absolute atomic E-state index is 4.25. The number of hydrogen-bond donors (Lipinski definition) is 3. The predicted molar refractivity (Wildman–Crippen MR) is 129 cm³/mol. The van der Waals surface area contributed by atoms with E-state index in [9.17, 15) is 0 Å². The van der Waals surface area contributed by atoms with Crippen molar-refractivity contribution in [2.45, 2.75) is 53.9 Å². The van der Waals surface area contributed by atoms with Crippen LogP contribution in [0, 0.1) is 13.8 Å². The topological polar surface area (TPSA) is 43.6 Å². The zero-order valence-corrected chi connectivity index (χ0v) is 18.4. The fourth-order valence-corrected chi connectivity index (χ4v) is 4.15. The Bertz CT molecular complexity index is 1180. The second-order valence-corrected chi connectivity index (χ2v) is 7.88. The molecule has 3 aromatic rings. The predicted octanol–water partition coefficient (Wildman–Crippen LogP) is 5.89. The van der Waals surface area contributed by atoms with Crippen molar-refractivity contribution in [3.05, 3.63) is 69.6 Å². The molecule has 0 saturated heterocycles. The molecule has 0 atom stereocenters. The largest absolute Gasteiger partial charge is 0.360 e. The molecule has 1 aromatic carbocycles. The summed E-state index contributed by atoms with van der Waals surface area (Å²) >= 11 is 0. The Labute approximate surface area is 173 Å². The summed E-state index contributed by atoms with van der Waals surface area (Å²) in [7, 11) is 0. The summed E-state index contributed by atoms with van der Waals surface area (Å²) in [5, 5.41) is 6.51. The van der Waals surface area contributed by atoms with E-state index in [1.165, 1.54) is 27.8 Å². The zero-order chi connectivity index (χ0) is 21.1. The average Bonchev–Trinajstić information content (AvgIpc) is 3.10. The summed E-state index contributed by atoms with van der Waals surface area (Å²) in [6, 6.07) is 6.34. The van der Waals surface area contributed by atoms with Crippen molar-refractivity contribution in [3.63, 3.8) is 0 Å². The molecule has 2 aromatic heterocycles. The molecule has 0 amide bonds. The average molecular weight is 388 g/mol. The summed E-state index contributed by atoms with van der Waals surface area (Å²) in [6.07, 6.45) is 7.92.